The number of esters is 1. The van der Waals surface area contributed by atoms with Gasteiger partial charge in [0, 0.05) is 24.3 Å². The molecule has 0 aromatic heterocycles. The quantitative estimate of drug-likeness (QED) is 0.286. The number of aryl methyl sites for hydroxylation is 1. The van der Waals surface area contributed by atoms with Crippen molar-refractivity contribution < 1.29 is 44.3 Å². The van der Waals surface area contributed by atoms with Crippen LogP contribution in [0.4, 0.5) is 0 Å². The minimum absolute atomic E-state index is 0.00942. The highest BCUT2D eigenvalue weighted by Crippen LogP contribution is 2.52. The number of amides is 1. The zero-order valence-electron chi connectivity index (χ0n) is 20.0. The van der Waals surface area contributed by atoms with Crippen LogP contribution in [0.5, 0.6) is 5.75 Å². The normalized spacial score (nSPS) is 25.4. The smallest absolute Gasteiger partial charge is 0.306 e. The third kappa shape index (κ3) is 3.95. The molecule has 1 aromatic carbocycles. The molecule has 4 rings (SSSR count). The first-order valence-corrected chi connectivity index (χ1v) is 11.8. The van der Waals surface area contributed by atoms with Gasteiger partial charge in [0.15, 0.2) is 11.4 Å². The number of phenols is 1. The van der Waals surface area contributed by atoms with Gasteiger partial charge in [-0.15, -0.1) is 0 Å². The van der Waals surface area contributed by atoms with Crippen LogP contribution in [0.25, 0.3) is 5.76 Å². The van der Waals surface area contributed by atoms with Gasteiger partial charge in [-0.3, -0.25) is 19.2 Å². The molecule has 0 saturated heterocycles. The van der Waals surface area contributed by atoms with Gasteiger partial charge in [0.05, 0.1) is 12.2 Å². The van der Waals surface area contributed by atoms with Gasteiger partial charge >= 0.3 is 5.97 Å². The number of hydrogen-bond donors (Lipinski definition) is 5. The highest BCUT2D eigenvalue weighted by atomic mass is 16.5. The number of nitrogens with two attached hydrogens (primary N) is 1. The van der Waals surface area contributed by atoms with Crippen molar-refractivity contribution in [2.45, 2.75) is 51.6 Å². The number of Topliss-reactive ketones (excluding diaryl/α,β-unsaturated/α-hetero) is 2. The summed E-state index contributed by atoms with van der Waals surface area (Å²) in [6.45, 7) is 4.14. The number of aromatic hydroxyl groups is 1. The number of ketones is 2. The van der Waals surface area contributed by atoms with Gasteiger partial charge in [0.25, 0.3) is 5.91 Å². The average Bonchev–Trinajstić information content (AvgIpc) is 2.79. The maximum Gasteiger partial charge on any atom is 0.306 e. The van der Waals surface area contributed by atoms with E-state index in [4.69, 9.17) is 10.5 Å². The first-order chi connectivity index (χ1) is 16.9. The molecule has 3 unspecified atom stereocenters. The first kappa shape index (κ1) is 25.4. The molecule has 1 amide bonds. The molecule has 10 heteroatoms. The topological polar surface area (TPSA) is 184 Å². The summed E-state index contributed by atoms with van der Waals surface area (Å²) in [7, 11) is 0. The van der Waals surface area contributed by atoms with Gasteiger partial charge in [0.2, 0.25) is 5.78 Å². The number of rotatable bonds is 6. The van der Waals surface area contributed by atoms with Crippen molar-refractivity contribution in [1.82, 2.24) is 0 Å². The van der Waals surface area contributed by atoms with Crippen LogP contribution in [0, 0.1) is 17.8 Å². The number of carbonyl (C=O) groups is 4. The molecule has 1 aromatic rings. The summed E-state index contributed by atoms with van der Waals surface area (Å²) in [5, 5.41) is 43.5. The van der Waals surface area contributed by atoms with E-state index in [-0.39, 0.29) is 60.9 Å². The molecule has 0 radical (unpaired) electrons. The lowest BCUT2D eigenvalue weighted by Crippen LogP contribution is -2.58. The van der Waals surface area contributed by atoms with Gasteiger partial charge in [0.1, 0.15) is 22.8 Å². The SMILES string of the molecule is CC(C)COC(=O)CCc1ccc(O)c2c1CC1CC3CC(=O)C(C(N)=O)=C(O)C3(O)C(=O)C1=C2O. The van der Waals surface area contributed by atoms with Crippen molar-refractivity contribution in [3.8, 4) is 5.75 Å². The second-order valence-corrected chi connectivity index (χ2v) is 10.1. The summed E-state index contributed by atoms with van der Waals surface area (Å²) in [5.74, 6) is -6.88. The Balaban J connectivity index is 1.73. The highest BCUT2D eigenvalue weighted by molar-refractivity contribution is 6.22. The molecule has 0 heterocycles. The summed E-state index contributed by atoms with van der Waals surface area (Å²) in [5.41, 5.74) is 2.81. The van der Waals surface area contributed by atoms with E-state index < -0.39 is 52.0 Å². The predicted molar refractivity (Wildman–Crippen MR) is 126 cm³/mol. The zero-order valence-corrected chi connectivity index (χ0v) is 20.0. The molecule has 10 nitrogen and oxygen atoms in total. The fourth-order valence-corrected chi connectivity index (χ4v) is 5.49. The Hall–Kier alpha value is -3.66. The molecule has 3 aliphatic carbocycles. The third-order valence-corrected chi connectivity index (χ3v) is 7.22. The molecule has 0 bridgehead atoms. The molecular formula is C26H29NO9. The van der Waals surface area contributed by atoms with Crippen molar-refractivity contribution in [2.75, 3.05) is 6.61 Å². The van der Waals surface area contributed by atoms with E-state index in [1.807, 2.05) is 13.8 Å². The van der Waals surface area contributed by atoms with Crippen LogP contribution < -0.4 is 5.73 Å². The van der Waals surface area contributed by atoms with E-state index in [9.17, 15) is 39.6 Å². The number of carbonyl (C=O) groups excluding carboxylic acids is 4. The zero-order chi connectivity index (χ0) is 26.5. The maximum atomic E-state index is 13.5. The first-order valence-electron chi connectivity index (χ1n) is 11.8. The molecule has 0 spiro atoms. The molecular weight excluding hydrogens is 470 g/mol. The third-order valence-electron chi connectivity index (χ3n) is 7.22. The van der Waals surface area contributed by atoms with Gasteiger partial charge < -0.3 is 30.9 Å². The fourth-order valence-electron chi connectivity index (χ4n) is 5.49. The largest absolute Gasteiger partial charge is 0.508 e. The van der Waals surface area contributed by atoms with E-state index in [0.29, 0.717) is 17.7 Å². The van der Waals surface area contributed by atoms with Gasteiger partial charge in [-0.25, -0.2) is 0 Å². The molecule has 6 N–H and O–H groups in total. The van der Waals surface area contributed by atoms with Crippen molar-refractivity contribution in [3.05, 3.63) is 45.7 Å². The van der Waals surface area contributed by atoms with E-state index in [1.54, 1.807) is 6.07 Å². The highest BCUT2D eigenvalue weighted by Gasteiger charge is 2.60. The van der Waals surface area contributed by atoms with Crippen molar-refractivity contribution in [1.29, 1.82) is 0 Å². The van der Waals surface area contributed by atoms with E-state index in [2.05, 4.69) is 0 Å². The van der Waals surface area contributed by atoms with Crippen LogP contribution >= 0.6 is 0 Å². The van der Waals surface area contributed by atoms with Crippen molar-refractivity contribution in [3.63, 3.8) is 0 Å². The Labute approximate surface area is 207 Å². The fraction of sp³-hybridized carbons (Fsp3) is 0.462. The maximum absolute atomic E-state index is 13.5. The number of aliphatic hydroxyl groups excluding tert-OH is 2. The van der Waals surface area contributed by atoms with E-state index >= 15 is 0 Å². The molecule has 3 atom stereocenters. The Morgan fingerprint density at radius 1 is 1.17 bits per heavy atom. The lowest BCUT2D eigenvalue weighted by atomic mass is 9.59. The number of phenolic OH excluding ortho intramolecular Hbond substituents is 1. The second-order valence-electron chi connectivity index (χ2n) is 10.1. The summed E-state index contributed by atoms with van der Waals surface area (Å²) in [6.07, 6.45) is 0.223. The monoisotopic (exact) mass is 499 g/mol. The molecule has 3 aliphatic rings. The Kier molecular flexibility index (Phi) is 6.42. The predicted octanol–water partition coefficient (Wildman–Crippen LogP) is 1.56. The summed E-state index contributed by atoms with van der Waals surface area (Å²) < 4.78 is 5.22. The average molecular weight is 500 g/mol. The van der Waals surface area contributed by atoms with Crippen LogP contribution in [0.2, 0.25) is 0 Å². The molecule has 192 valence electrons. The lowest BCUT2D eigenvalue weighted by molar-refractivity contribution is -0.147. The minimum Gasteiger partial charge on any atom is -0.508 e. The van der Waals surface area contributed by atoms with Gasteiger partial charge in [-0.05, 0) is 48.3 Å². The van der Waals surface area contributed by atoms with E-state index in [0.717, 1.165) is 0 Å². The van der Waals surface area contributed by atoms with E-state index in [1.165, 1.54) is 6.07 Å². The summed E-state index contributed by atoms with van der Waals surface area (Å²) in [4.78, 5) is 49.8. The van der Waals surface area contributed by atoms with Crippen LogP contribution in [-0.4, -0.2) is 56.1 Å². The standard InChI is InChI=1S/C26H29NO9/c1-11(2)10-36-18(30)6-4-12-3-5-16(28)20-15(12)8-13-7-14-9-17(29)21(25(27)34)24(33)26(14,35)23(32)19(13)22(20)31/h3,5,11,13-14,28,31,33,35H,4,6-10H2,1-2H3,(H2,27,34). The van der Waals surface area contributed by atoms with Crippen LogP contribution in [0.1, 0.15) is 49.8 Å². The molecule has 1 fully saturated rings. The van der Waals surface area contributed by atoms with Gasteiger partial charge in [-0.2, -0.15) is 0 Å². The number of ether oxygens (including phenoxy) is 1. The Morgan fingerprint density at radius 2 is 1.86 bits per heavy atom. The van der Waals surface area contributed by atoms with Crippen LogP contribution in [0.15, 0.2) is 29.0 Å². The summed E-state index contributed by atoms with van der Waals surface area (Å²) >= 11 is 0. The molecule has 0 aliphatic heterocycles. The number of hydrogen-bond acceptors (Lipinski definition) is 9. The second kappa shape index (κ2) is 9.09. The van der Waals surface area contributed by atoms with Crippen molar-refractivity contribution >= 4 is 29.2 Å². The number of benzene rings is 1. The minimum atomic E-state index is -2.59. The van der Waals surface area contributed by atoms with Crippen molar-refractivity contribution in [2.24, 2.45) is 23.5 Å². The Morgan fingerprint density at radius 3 is 2.50 bits per heavy atom. The number of fused-ring (bicyclic) bond motifs is 3. The van der Waals surface area contributed by atoms with Crippen LogP contribution in [-0.2, 0) is 36.8 Å². The summed E-state index contributed by atoms with van der Waals surface area (Å²) in [6, 6.07) is 2.98. The number of primary amides is 1. The lowest BCUT2D eigenvalue weighted by Gasteiger charge is -2.46. The molecule has 36 heavy (non-hydrogen) atoms. The molecule has 1 saturated carbocycles. The number of aliphatic hydroxyl groups is 3. The van der Waals surface area contributed by atoms with Gasteiger partial charge in [-0.1, -0.05) is 19.9 Å². The van der Waals surface area contributed by atoms with Crippen LogP contribution in [0.3, 0.4) is 0 Å². The Bertz CT molecular complexity index is 1240.